The van der Waals surface area contributed by atoms with Crippen LogP contribution in [0, 0.1) is 0 Å². The lowest BCUT2D eigenvalue weighted by Gasteiger charge is -2.26. The SMILES string of the molecule is CCOC(=O)N1CCc2c(sc(NC(=O)CN3CCCCCC3)c2C(=O)Nc2ccccc2)C1. The molecule has 1 saturated heterocycles. The van der Waals surface area contributed by atoms with Crippen molar-refractivity contribution in [3.8, 4) is 0 Å². The Bertz CT molecular complexity index is 1020. The summed E-state index contributed by atoms with van der Waals surface area (Å²) < 4.78 is 5.16. The highest BCUT2D eigenvalue weighted by Gasteiger charge is 2.31. The molecule has 182 valence electrons. The van der Waals surface area contributed by atoms with Gasteiger partial charge in [0.2, 0.25) is 5.91 Å². The van der Waals surface area contributed by atoms with Crippen LogP contribution in [0.2, 0.25) is 0 Å². The summed E-state index contributed by atoms with van der Waals surface area (Å²) >= 11 is 1.37. The zero-order valence-electron chi connectivity index (χ0n) is 19.6. The third-order valence-corrected chi connectivity index (χ3v) is 7.29. The molecule has 0 aliphatic carbocycles. The van der Waals surface area contributed by atoms with Crippen molar-refractivity contribution in [2.75, 3.05) is 43.4 Å². The summed E-state index contributed by atoms with van der Waals surface area (Å²) in [7, 11) is 0. The maximum atomic E-state index is 13.3. The van der Waals surface area contributed by atoms with E-state index in [0.29, 0.717) is 48.9 Å². The monoisotopic (exact) mass is 484 g/mol. The van der Waals surface area contributed by atoms with Gasteiger partial charge in [-0.25, -0.2) is 4.79 Å². The predicted octanol–water partition coefficient (Wildman–Crippen LogP) is 4.33. The number of likely N-dealkylation sites (tertiary alicyclic amines) is 1. The fraction of sp³-hybridized carbons (Fsp3) is 0.480. The van der Waals surface area contributed by atoms with E-state index in [1.54, 1.807) is 11.8 Å². The van der Waals surface area contributed by atoms with E-state index in [9.17, 15) is 14.4 Å². The Labute approximate surface area is 204 Å². The second kappa shape index (κ2) is 11.5. The first kappa shape index (κ1) is 24.2. The Hall–Kier alpha value is -2.91. The van der Waals surface area contributed by atoms with Crippen LogP contribution in [0.5, 0.6) is 0 Å². The minimum Gasteiger partial charge on any atom is -0.450 e. The summed E-state index contributed by atoms with van der Waals surface area (Å²) in [4.78, 5) is 43.3. The minimum atomic E-state index is -0.358. The third-order valence-electron chi connectivity index (χ3n) is 6.16. The topological polar surface area (TPSA) is 91.0 Å². The van der Waals surface area contributed by atoms with Crippen molar-refractivity contribution < 1.29 is 19.1 Å². The lowest BCUT2D eigenvalue weighted by atomic mass is 10.0. The van der Waals surface area contributed by atoms with E-state index < -0.39 is 0 Å². The van der Waals surface area contributed by atoms with Crippen LogP contribution >= 0.6 is 11.3 Å². The van der Waals surface area contributed by atoms with Gasteiger partial charge in [-0.2, -0.15) is 0 Å². The zero-order chi connectivity index (χ0) is 23.9. The molecule has 1 aromatic carbocycles. The Kier molecular flexibility index (Phi) is 8.18. The highest BCUT2D eigenvalue weighted by Crippen LogP contribution is 2.38. The van der Waals surface area contributed by atoms with Crippen molar-refractivity contribution in [1.82, 2.24) is 9.80 Å². The first-order valence-corrected chi connectivity index (χ1v) is 12.8. The van der Waals surface area contributed by atoms with E-state index in [1.807, 2.05) is 30.3 Å². The van der Waals surface area contributed by atoms with Crippen molar-refractivity contribution in [2.24, 2.45) is 0 Å². The molecule has 0 saturated carbocycles. The van der Waals surface area contributed by atoms with E-state index in [1.165, 1.54) is 24.2 Å². The van der Waals surface area contributed by atoms with E-state index in [4.69, 9.17) is 4.74 Å². The van der Waals surface area contributed by atoms with E-state index in [0.717, 1.165) is 36.4 Å². The molecule has 2 aromatic rings. The molecule has 2 N–H and O–H groups in total. The maximum absolute atomic E-state index is 13.3. The van der Waals surface area contributed by atoms with Crippen LogP contribution in [-0.4, -0.2) is 60.5 Å². The van der Waals surface area contributed by atoms with Crippen LogP contribution in [0.1, 0.15) is 53.4 Å². The van der Waals surface area contributed by atoms with Crippen molar-refractivity contribution >= 4 is 39.9 Å². The lowest BCUT2D eigenvalue weighted by Crippen LogP contribution is -2.36. The van der Waals surface area contributed by atoms with Crippen LogP contribution in [0.25, 0.3) is 0 Å². The molecule has 2 aliphatic heterocycles. The zero-order valence-corrected chi connectivity index (χ0v) is 20.4. The molecule has 0 spiro atoms. The summed E-state index contributed by atoms with van der Waals surface area (Å²) in [5, 5.41) is 6.51. The number of nitrogens with zero attached hydrogens (tertiary/aromatic N) is 2. The summed E-state index contributed by atoms with van der Waals surface area (Å²) in [6.07, 6.45) is 4.80. The quantitative estimate of drug-likeness (QED) is 0.637. The van der Waals surface area contributed by atoms with Crippen LogP contribution in [0.15, 0.2) is 30.3 Å². The van der Waals surface area contributed by atoms with Crippen LogP contribution in [-0.2, 0) is 22.5 Å². The number of hydrogen-bond donors (Lipinski definition) is 2. The summed E-state index contributed by atoms with van der Waals surface area (Å²) in [6.45, 7) is 5.09. The number of nitrogens with one attached hydrogen (secondary N) is 2. The van der Waals surface area contributed by atoms with Gasteiger partial charge in [-0.3, -0.25) is 14.5 Å². The van der Waals surface area contributed by atoms with E-state index in [2.05, 4.69) is 15.5 Å². The number of benzene rings is 1. The molecular weight excluding hydrogens is 452 g/mol. The summed E-state index contributed by atoms with van der Waals surface area (Å²) in [5.74, 6) is -0.366. The molecule has 0 atom stereocenters. The van der Waals surface area contributed by atoms with Crippen molar-refractivity contribution in [1.29, 1.82) is 0 Å². The molecule has 2 aliphatic rings. The number of carbonyl (C=O) groups excluding carboxylic acids is 3. The van der Waals surface area contributed by atoms with Crippen LogP contribution < -0.4 is 10.6 Å². The number of amides is 3. The molecule has 9 heteroatoms. The van der Waals surface area contributed by atoms with Gasteiger partial charge in [0.25, 0.3) is 5.91 Å². The molecule has 34 heavy (non-hydrogen) atoms. The molecule has 8 nitrogen and oxygen atoms in total. The lowest BCUT2D eigenvalue weighted by molar-refractivity contribution is -0.117. The molecule has 0 unspecified atom stereocenters. The number of carbonyl (C=O) groups is 3. The number of thiophene rings is 1. The molecule has 1 aromatic heterocycles. The van der Waals surface area contributed by atoms with Crippen molar-refractivity contribution in [3.63, 3.8) is 0 Å². The van der Waals surface area contributed by atoms with Crippen molar-refractivity contribution in [2.45, 2.75) is 45.6 Å². The fourth-order valence-corrected chi connectivity index (χ4v) is 5.76. The number of anilines is 2. The number of fused-ring (bicyclic) bond motifs is 1. The molecule has 1 fully saturated rings. The van der Waals surface area contributed by atoms with Gasteiger partial charge in [0.15, 0.2) is 0 Å². The van der Waals surface area contributed by atoms with E-state index >= 15 is 0 Å². The number of para-hydroxylation sites is 1. The highest BCUT2D eigenvalue weighted by molar-refractivity contribution is 7.17. The number of rotatable bonds is 6. The van der Waals surface area contributed by atoms with Crippen LogP contribution in [0.3, 0.4) is 0 Å². The molecule has 0 bridgehead atoms. The largest absolute Gasteiger partial charge is 0.450 e. The number of ether oxygens (including phenoxy) is 1. The van der Waals surface area contributed by atoms with Gasteiger partial charge in [0.1, 0.15) is 5.00 Å². The summed E-state index contributed by atoms with van der Waals surface area (Å²) in [5.41, 5.74) is 2.08. The average Bonchev–Trinajstić information content (AvgIpc) is 2.97. The molecule has 4 rings (SSSR count). The van der Waals surface area contributed by atoms with Gasteiger partial charge in [0, 0.05) is 17.1 Å². The van der Waals surface area contributed by atoms with Gasteiger partial charge >= 0.3 is 6.09 Å². The normalized spacial score (nSPS) is 16.3. The first-order chi connectivity index (χ1) is 16.5. The maximum Gasteiger partial charge on any atom is 0.410 e. The van der Waals surface area contributed by atoms with Gasteiger partial charge < -0.3 is 20.3 Å². The third kappa shape index (κ3) is 5.95. The standard InChI is InChI=1S/C25H32N4O4S/c1-2-33-25(32)29-15-12-19-20(16-29)34-24(22(19)23(31)26-18-10-6-5-7-11-18)27-21(30)17-28-13-8-3-4-9-14-28/h5-7,10-11H,2-4,8-9,12-17H2,1H3,(H,26,31)(H,27,30). The second-order valence-electron chi connectivity index (χ2n) is 8.64. The molecule has 3 heterocycles. The van der Waals surface area contributed by atoms with Gasteiger partial charge in [-0.15, -0.1) is 11.3 Å². The van der Waals surface area contributed by atoms with Gasteiger partial charge in [-0.1, -0.05) is 31.0 Å². The minimum absolute atomic E-state index is 0.114. The predicted molar refractivity (Wildman–Crippen MR) is 133 cm³/mol. The fourth-order valence-electron chi connectivity index (χ4n) is 4.48. The average molecular weight is 485 g/mol. The second-order valence-corrected chi connectivity index (χ2v) is 9.74. The molecule has 0 radical (unpaired) electrons. The Balaban J connectivity index is 1.55. The Morgan fingerprint density at radius 1 is 1.00 bits per heavy atom. The first-order valence-electron chi connectivity index (χ1n) is 12.0. The molecular formula is C25H32N4O4S. The Morgan fingerprint density at radius 3 is 2.44 bits per heavy atom. The number of hydrogen-bond acceptors (Lipinski definition) is 6. The summed E-state index contributed by atoms with van der Waals surface area (Å²) in [6, 6.07) is 9.27. The smallest absolute Gasteiger partial charge is 0.410 e. The highest BCUT2D eigenvalue weighted by atomic mass is 32.1. The Morgan fingerprint density at radius 2 is 1.74 bits per heavy atom. The van der Waals surface area contributed by atoms with Gasteiger partial charge in [0.05, 0.1) is 25.3 Å². The molecule has 3 amide bonds. The van der Waals surface area contributed by atoms with Crippen LogP contribution in [0.4, 0.5) is 15.5 Å². The van der Waals surface area contributed by atoms with E-state index in [-0.39, 0.29) is 17.9 Å². The van der Waals surface area contributed by atoms with Crippen molar-refractivity contribution in [3.05, 3.63) is 46.3 Å². The van der Waals surface area contributed by atoms with Gasteiger partial charge in [-0.05, 0) is 57.0 Å².